The number of fused-ring (bicyclic) bond motifs is 1. The number of methoxy groups -OCH3 is 1. The maximum Gasteiger partial charge on any atom is 0.330 e. The predicted octanol–water partition coefficient (Wildman–Crippen LogP) is 1.42. The highest BCUT2D eigenvalue weighted by Crippen LogP contribution is 2.37. The van der Waals surface area contributed by atoms with E-state index in [1.165, 1.54) is 13.2 Å². The summed E-state index contributed by atoms with van der Waals surface area (Å²) in [5.74, 6) is 0.114. The van der Waals surface area contributed by atoms with Crippen molar-refractivity contribution in [2.75, 3.05) is 27.2 Å². The molecule has 3 rings (SSSR count). The number of hydrogen-bond donors (Lipinski definition) is 1. The van der Waals surface area contributed by atoms with Gasteiger partial charge in [-0.05, 0) is 23.8 Å². The van der Waals surface area contributed by atoms with Gasteiger partial charge in [0, 0.05) is 39.1 Å². The Morgan fingerprint density at radius 2 is 2.13 bits per heavy atom. The molecule has 0 aliphatic carbocycles. The lowest BCUT2D eigenvalue weighted by molar-refractivity contribution is -0.134. The molecule has 2 aliphatic rings. The molecule has 0 radical (unpaired) electrons. The zero-order valence-electron chi connectivity index (χ0n) is 13.3. The van der Waals surface area contributed by atoms with Crippen LogP contribution in [0.15, 0.2) is 24.3 Å². The second-order valence-electron chi connectivity index (χ2n) is 5.77. The molecule has 122 valence electrons. The number of amides is 1. The van der Waals surface area contributed by atoms with E-state index < -0.39 is 11.7 Å². The van der Waals surface area contributed by atoms with Gasteiger partial charge < -0.3 is 19.7 Å². The Hall–Kier alpha value is -2.34. The minimum absolute atomic E-state index is 0.0542. The number of rotatable bonds is 2. The summed E-state index contributed by atoms with van der Waals surface area (Å²) < 4.78 is 10.8. The molecule has 6 nitrogen and oxygen atoms in total. The van der Waals surface area contributed by atoms with Crippen molar-refractivity contribution in [1.82, 2.24) is 10.2 Å². The first-order chi connectivity index (χ1) is 11.1. The first kappa shape index (κ1) is 15.6. The first-order valence-corrected chi connectivity index (χ1v) is 7.64. The Balaban J connectivity index is 1.91. The molecule has 0 saturated carbocycles. The standard InChI is InChI=1S/C17H20N2O4/c1-19-16(21)13-11-12(4-6-15(20)22-2)3-5-14(13)23-17(19)7-9-18-10-8-17/h3-6,11,18H,7-10H2,1-2H3/b6-4+. The Morgan fingerprint density at radius 1 is 1.39 bits per heavy atom. The van der Waals surface area contributed by atoms with Crippen molar-refractivity contribution in [3.8, 4) is 5.75 Å². The fraction of sp³-hybridized carbons (Fsp3) is 0.412. The van der Waals surface area contributed by atoms with E-state index in [4.69, 9.17) is 4.74 Å². The minimum Gasteiger partial charge on any atom is -0.467 e. The molecule has 1 aromatic rings. The molecule has 1 saturated heterocycles. The van der Waals surface area contributed by atoms with Crippen LogP contribution in [-0.2, 0) is 9.53 Å². The number of esters is 1. The lowest BCUT2D eigenvalue weighted by Crippen LogP contribution is -2.61. The summed E-state index contributed by atoms with van der Waals surface area (Å²) in [6.45, 7) is 1.65. The van der Waals surface area contributed by atoms with Crippen molar-refractivity contribution < 1.29 is 19.1 Å². The Labute approximate surface area is 135 Å². The monoisotopic (exact) mass is 316 g/mol. The van der Waals surface area contributed by atoms with Gasteiger partial charge in [-0.1, -0.05) is 6.07 Å². The second-order valence-corrected chi connectivity index (χ2v) is 5.77. The van der Waals surface area contributed by atoms with Crippen LogP contribution < -0.4 is 10.1 Å². The number of hydrogen-bond acceptors (Lipinski definition) is 5. The smallest absolute Gasteiger partial charge is 0.330 e. The van der Waals surface area contributed by atoms with E-state index in [1.807, 2.05) is 6.07 Å². The molecule has 2 heterocycles. The molecule has 1 N–H and O–H groups in total. The Morgan fingerprint density at radius 3 is 2.83 bits per heavy atom. The molecular weight excluding hydrogens is 296 g/mol. The average Bonchev–Trinajstić information content (AvgIpc) is 2.59. The maximum absolute atomic E-state index is 12.7. The first-order valence-electron chi connectivity index (χ1n) is 7.64. The molecule has 0 atom stereocenters. The topological polar surface area (TPSA) is 67.9 Å². The molecule has 1 fully saturated rings. The molecule has 23 heavy (non-hydrogen) atoms. The van der Waals surface area contributed by atoms with Crippen molar-refractivity contribution in [2.24, 2.45) is 0 Å². The fourth-order valence-electron chi connectivity index (χ4n) is 3.03. The Bertz CT molecular complexity index is 663. The number of carbonyl (C=O) groups excluding carboxylic acids is 2. The number of carbonyl (C=O) groups is 2. The van der Waals surface area contributed by atoms with E-state index in [2.05, 4.69) is 10.1 Å². The van der Waals surface area contributed by atoms with Gasteiger partial charge in [0.05, 0.1) is 12.7 Å². The summed E-state index contributed by atoms with van der Waals surface area (Å²) in [6, 6.07) is 5.36. The normalized spacial score (nSPS) is 19.6. The van der Waals surface area contributed by atoms with Crippen molar-refractivity contribution in [3.63, 3.8) is 0 Å². The van der Waals surface area contributed by atoms with Gasteiger partial charge in [0.25, 0.3) is 5.91 Å². The van der Waals surface area contributed by atoms with E-state index in [9.17, 15) is 9.59 Å². The number of piperidine rings is 1. The van der Waals surface area contributed by atoms with Crippen LogP contribution in [0.1, 0.15) is 28.8 Å². The lowest BCUT2D eigenvalue weighted by Gasteiger charge is -2.47. The summed E-state index contributed by atoms with van der Waals surface area (Å²) in [6.07, 6.45) is 4.47. The molecular formula is C17H20N2O4. The van der Waals surface area contributed by atoms with Gasteiger partial charge in [0.2, 0.25) is 0 Å². The number of nitrogens with zero attached hydrogens (tertiary/aromatic N) is 1. The van der Waals surface area contributed by atoms with Crippen LogP contribution >= 0.6 is 0 Å². The van der Waals surface area contributed by atoms with Crippen molar-refractivity contribution in [1.29, 1.82) is 0 Å². The van der Waals surface area contributed by atoms with Gasteiger partial charge in [0.15, 0.2) is 5.72 Å². The minimum atomic E-state index is -0.557. The molecule has 1 spiro atoms. The van der Waals surface area contributed by atoms with Crippen LogP contribution in [0.5, 0.6) is 5.75 Å². The number of ether oxygens (including phenoxy) is 2. The van der Waals surface area contributed by atoms with Crippen LogP contribution in [0, 0.1) is 0 Å². The third kappa shape index (κ3) is 2.82. The molecule has 0 bridgehead atoms. The van der Waals surface area contributed by atoms with E-state index in [-0.39, 0.29) is 5.91 Å². The van der Waals surface area contributed by atoms with Gasteiger partial charge in [-0.15, -0.1) is 0 Å². The van der Waals surface area contributed by atoms with Crippen molar-refractivity contribution >= 4 is 18.0 Å². The van der Waals surface area contributed by atoms with Crippen molar-refractivity contribution in [3.05, 3.63) is 35.4 Å². The summed E-state index contributed by atoms with van der Waals surface area (Å²) in [5, 5.41) is 3.29. The maximum atomic E-state index is 12.7. The zero-order chi connectivity index (χ0) is 16.4. The van der Waals surface area contributed by atoms with Crippen LogP contribution in [0.25, 0.3) is 6.08 Å². The molecule has 2 aliphatic heterocycles. The van der Waals surface area contributed by atoms with Gasteiger partial charge in [-0.3, -0.25) is 4.79 Å². The van der Waals surface area contributed by atoms with Gasteiger partial charge in [0.1, 0.15) is 5.75 Å². The largest absolute Gasteiger partial charge is 0.467 e. The fourth-order valence-corrected chi connectivity index (χ4v) is 3.03. The van der Waals surface area contributed by atoms with E-state index in [1.54, 1.807) is 30.2 Å². The quantitative estimate of drug-likeness (QED) is 0.660. The van der Waals surface area contributed by atoms with Crippen molar-refractivity contribution in [2.45, 2.75) is 18.6 Å². The summed E-state index contributed by atoms with van der Waals surface area (Å²) in [5.41, 5.74) is 0.711. The highest BCUT2D eigenvalue weighted by atomic mass is 16.5. The van der Waals surface area contributed by atoms with Crippen LogP contribution in [0.4, 0.5) is 0 Å². The van der Waals surface area contributed by atoms with E-state index in [0.717, 1.165) is 31.5 Å². The Kier molecular flexibility index (Phi) is 4.09. The third-order valence-corrected chi connectivity index (χ3v) is 4.45. The van der Waals surface area contributed by atoms with Crippen LogP contribution in [0.3, 0.4) is 0 Å². The third-order valence-electron chi connectivity index (χ3n) is 4.45. The molecule has 1 amide bonds. The lowest BCUT2D eigenvalue weighted by atomic mass is 9.95. The summed E-state index contributed by atoms with van der Waals surface area (Å²) in [7, 11) is 3.11. The number of benzene rings is 1. The molecule has 1 aromatic carbocycles. The zero-order valence-corrected chi connectivity index (χ0v) is 13.3. The van der Waals surface area contributed by atoms with Gasteiger partial charge in [-0.25, -0.2) is 4.79 Å². The van der Waals surface area contributed by atoms with E-state index >= 15 is 0 Å². The SMILES string of the molecule is COC(=O)/C=C/c1ccc2c(c1)C(=O)N(C)C1(CCNCC1)O2. The summed E-state index contributed by atoms with van der Waals surface area (Å²) >= 11 is 0. The van der Waals surface area contributed by atoms with Crippen LogP contribution in [-0.4, -0.2) is 49.7 Å². The highest BCUT2D eigenvalue weighted by Gasteiger charge is 2.45. The van der Waals surface area contributed by atoms with E-state index in [0.29, 0.717) is 11.3 Å². The second kappa shape index (κ2) is 6.04. The average molecular weight is 316 g/mol. The molecule has 0 unspecified atom stereocenters. The summed E-state index contributed by atoms with van der Waals surface area (Å²) in [4.78, 5) is 25.6. The number of nitrogens with one attached hydrogen (secondary N) is 1. The highest BCUT2D eigenvalue weighted by molar-refractivity contribution is 5.99. The van der Waals surface area contributed by atoms with Gasteiger partial charge in [-0.2, -0.15) is 0 Å². The molecule has 6 heteroatoms. The predicted molar refractivity (Wildman–Crippen MR) is 85.0 cm³/mol. The molecule has 0 aromatic heterocycles. The van der Waals surface area contributed by atoms with Gasteiger partial charge >= 0.3 is 5.97 Å². The van der Waals surface area contributed by atoms with Crippen LogP contribution in [0.2, 0.25) is 0 Å².